The van der Waals surface area contributed by atoms with Crippen LogP contribution in [-0.2, 0) is 16.1 Å². The van der Waals surface area contributed by atoms with E-state index in [1.807, 2.05) is 4.90 Å². The van der Waals surface area contributed by atoms with Crippen molar-refractivity contribution in [3.05, 3.63) is 47.8 Å². The lowest BCUT2D eigenvalue weighted by Crippen LogP contribution is -2.32. The van der Waals surface area contributed by atoms with Crippen molar-refractivity contribution in [3.63, 3.8) is 0 Å². The van der Waals surface area contributed by atoms with Crippen molar-refractivity contribution in [2.45, 2.75) is 25.8 Å². The molecule has 8 heteroatoms. The lowest BCUT2D eigenvalue weighted by atomic mass is 9.98. The molecule has 2 aromatic rings. The number of rotatable bonds is 7. The van der Waals surface area contributed by atoms with E-state index in [2.05, 4.69) is 46.9 Å². The molecular formula is C20H27N5O3. The van der Waals surface area contributed by atoms with Gasteiger partial charge in [-0.25, -0.2) is 4.79 Å². The van der Waals surface area contributed by atoms with Crippen molar-refractivity contribution in [2.75, 3.05) is 38.7 Å². The number of amides is 3. The fourth-order valence-electron chi connectivity index (χ4n) is 3.27. The zero-order valence-corrected chi connectivity index (χ0v) is 16.4. The van der Waals surface area contributed by atoms with Gasteiger partial charge in [-0.1, -0.05) is 29.8 Å². The van der Waals surface area contributed by atoms with Crippen LogP contribution < -0.4 is 10.6 Å². The second-order valence-corrected chi connectivity index (χ2v) is 7.04. The number of aromatic nitrogens is 2. The summed E-state index contributed by atoms with van der Waals surface area (Å²) in [6.07, 6.45) is 4.16. The van der Waals surface area contributed by atoms with Crippen LogP contribution >= 0.6 is 0 Å². The SMILES string of the molecule is COCCNC(=O)Cn1cc(NC(=O)N2CCC(c3ccc(C)cc3)C2)cn1. The van der Waals surface area contributed by atoms with E-state index in [0.717, 1.165) is 13.0 Å². The van der Waals surface area contributed by atoms with E-state index in [1.165, 1.54) is 15.8 Å². The fraction of sp³-hybridized carbons (Fsp3) is 0.450. The number of hydrogen-bond acceptors (Lipinski definition) is 4. The van der Waals surface area contributed by atoms with Gasteiger partial charge in [0, 0.05) is 38.9 Å². The van der Waals surface area contributed by atoms with Crippen molar-refractivity contribution in [3.8, 4) is 0 Å². The summed E-state index contributed by atoms with van der Waals surface area (Å²) in [5.41, 5.74) is 3.09. The number of aryl methyl sites for hydroxylation is 1. The van der Waals surface area contributed by atoms with Crippen molar-refractivity contribution in [1.29, 1.82) is 0 Å². The Morgan fingerprint density at radius 1 is 1.29 bits per heavy atom. The maximum absolute atomic E-state index is 12.5. The van der Waals surface area contributed by atoms with Crippen molar-refractivity contribution < 1.29 is 14.3 Å². The Hall–Kier alpha value is -2.87. The summed E-state index contributed by atoms with van der Waals surface area (Å²) in [6, 6.07) is 8.36. The lowest BCUT2D eigenvalue weighted by molar-refractivity contribution is -0.122. The molecular weight excluding hydrogens is 358 g/mol. The molecule has 1 aromatic heterocycles. The molecule has 1 aliphatic heterocycles. The number of nitrogens with one attached hydrogen (secondary N) is 2. The second-order valence-electron chi connectivity index (χ2n) is 7.04. The first kappa shape index (κ1) is 19.9. The minimum Gasteiger partial charge on any atom is -0.383 e. The summed E-state index contributed by atoms with van der Waals surface area (Å²) in [7, 11) is 1.58. The summed E-state index contributed by atoms with van der Waals surface area (Å²) < 4.78 is 6.39. The van der Waals surface area contributed by atoms with Gasteiger partial charge in [-0.15, -0.1) is 0 Å². The number of ether oxygens (including phenoxy) is 1. The molecule has 1 fully saturated rings. The molecule has 0 radical (unpaired) electrons. The molecule has 8 nitrogen and oxygen atoms in total. The normalized spacial score (nSPS) is 16.2. The summed E-state index contributed by atoms with van der Waals surface area (Å²) >= 11 is 0. The first-order valence-corrected chi connectivity index (χ1v) is 9.45. The van der Waals surface area contributed by atoms with Gasteiger partial charge in [0.1, 0.15) is 6.54 Å². The average molecular weight is 385 g/mol. The minimum absolute atomic E-state index is 0.0960. The number of carbonyl (C=O) groups excluding carboxylic acids is 2. The molecule has 2 N–H and O–H groups in total. The molecule has 1 saturated heterocycles. The van der Waals surface area contributed by atoms with Crippen molar-refractivity contribution in [2.24, 2.45) is 0 Å². The minimum atomic E-state index is -0.154. The Bertz CT molecular complexity index is 802. The number of carbonyl (C=O) groups is 2. The molecule has 150 valence electrons. The smallest absolute Gasteiger partial charge is 0.321 e. The Morgan fingerprint density at radius 3 is 2.82 bits per heavy atom. The number of nitrogens with zero attached hydrogens (tertiary/aromatic N) is 3. The van der Waals surface area contributed by atoms with E-state index in [-0.39, 0.29) is 18.5 Å². The van der Waals surface area contributed by atoms with Crippen LogP contribution in [0.15, 0.2) is 36.7 Å². The molecule has 0 spiro atoms. The Balaban J connectivity index is 1.48. The van der Waals surface area contributed by atoms with E-state index in [0.29, 0.717) is 31.3 Å². The number of methoxy groups -OCH3 is 1. The predicted octanol–water partition coefficient (Wildman–Crippen LogP) is 1.98. The molecule has 3 amide bonds. The summed E-state index contributed by atoms with van der Waals surface area (Å²) in [4.78, 5) is 26.2. The molecule has 1 atom stereocenters. The quantitative estimate of drug-likeness (QED) is 0.714. The first-order chi connectivity index (χ1) is 13.5. The number of likely N-dealkylation sites (tertiary alicyclic amines) is 1. The third-order valence-electron chi connectivity index (χ3n) is 4.84. The molecule has 0 aliphatic carbocycles. The molecule has 2 heterocycles. The van der Waals surface area contributed by atoms with E-state index in [4.69, 9.17) is 4.74 Å². The van der Waals surface area contributed by atoms with Gasteiger partial charge in [0.2, 0.25) is 5.91 Å². The molecule has 1 aromatic carbocycles. The van der Waals surface area contributed by atoms with Crippen molar-refractivity contribution in [1.82, 2.24) is 20.0 Å². The summed E-state index contributed by atoms with van der Waals surface area (Å²) in [5, 5.41) is 9.72. The Kier molecular flexibility index (Phi) is 6.65. The average Bonchev–Trinajstić information content (AvgIpc) is 3.32. The van der Waals surface area contributed by atoms with Gasteiger partial charge in [-0.05, 0) is 18.9 Å². The highest BCUT2D eigenvalue weighted by atomic mass is 16.5. The summed E-state index contributed by atoms with van der Waals surface area (Å²) in [5.74, 6) is 0.211. The van der Waals surface area contributed by atoms with Crippen LogP contribution in [0.3, 0.4) is 0 Å². The van der Waals surface area contributed by atoms with Crippen LogP contribution in [0.5, 0.6) is 0 Å². The number of hydrogen-bond donors (Lipinski definition) is 2. The van der Waals surface area contributed by atoms with Crippen LogP contribution in [0.25, 0.3) is 0 Å². The van der Waals surface area contributed by atoms with Crippen LogP contribution in [0, 0.1) is 6.92 Å². The standard InChI is InChI=1S/C20H27N5O3/c1-15-3-5-16(6-4-15)17-7-9-24(12-17)20(27)23-18-11-22-25(13-18)14-19(26)21-8-10-28-2/h3-6,11,13,17H,7-10,12,14H2,1-2H3,(H,21,26)(H,23,27). The Labute approximate surface area is 164 Å². The molecule has 28 heavy (non-hydrogen) atoms. The molecule has 0 saturated carbocycles. The fourth-order valence-corrected chi connectivity index (χ4v) is 3.27. The third-order valence-corrected chi connectivity index (χ3v) is 4.84. The van der Waals surface area contributed by atoms with E-state index in [9.17, 15) is 9.59 Å². The van der Waals surface area contributed by atoms with Gasteiger partial charge < -0.3 is 20.3 Å². The van der Waals surface area contributed by atoms with Gasteiger partial charge in [-0.2, -0.15) is 5.10 Å². The summed E-state index contributed by atoms with van der Waals surface area (Å²) in [6.45, 7) is 4.51. The molecule has 1 unspecified atom stereocenters. The maximum atomic E-state index is 12.5. The monoisotopic (exact) mass is 385 g/mol. The number of benzene rings is 1. The second kappa shape index (κ2) is 9.36. The van der Waals surface area contributed by atoms with Gasteiger partial charge in [0.25, 0.3) is 0 Å². The molecule has 0 bridgehead atoms. The first-order valence-electron chi connectivity index (χ1n) is 9.45. The lowest BCUT2D eigenvalue weighted by Gasteiger charge is -2.17. The van der Waals surface area contributed by atoms with Gasteiger partial charge in [-0.3, -0.25) is 9.48 Å². The zero-order valence-electron chi connectivity index (χ0n) is 16.4. The molecule has 3 rings (SSSR count). The van der Waals surface area contributed by atoms with Gasteiger partial charge in [0.05, 0.1) is 18.5 Å². The Morgan fingerprint density at radius 2 is 2.07 bits per heavy atom. The topological polar surface area (TPSA) is 88.5 Å². The maximum Gasteiger partial charge on any atom is 0.321 e. The zero-order chi connectivity index (χ0) is 19.9. The van der Waals surface area contributed by atoms with Gasteiger partial charge >= 0.3 is 6.03 Å². The van der Waals surface area contributed by atoms with Crippen LogP contribution in [0.2, 0.25) is 0 Å². The van der Waals surface area contributed by atoms with E-state index < -0.39 is 0 Å². The number of anilines is 1. The molecule has 1 aliphatic rings. The van der Waals surface area contributed by atoms with Crippen LogP contribution in [0.1, 0.15) is 23.5 Å². The third kappa shape index (κ3) is 5.32. The van der Waals surface area contributed by atoms with Crippen LogP contribution in [-0.4, -0.2) is 60.0 Å². The van der Waals surface area contributed by atoms with E-state index in [1.54, 1.807) is 19.5 Å². The largest absolute Gasteiger partial charge is 0.383 e. The highest BCUT2D eigenvalue weighted by molar-refractivity contribution is 5.89. The van der Waals surface area contributed by atoms with Crippen LogP contribution in [0.4, 0.5) is 10.5 Å². The predicted molar refractivity (Wildman–Crippen MR) is 106 cm³/mol. The highest BCUT2D eigenvalue weighted by Gasteiger charge is 2.27. The highest BCUT2D eigenvalue weighted by Crippen LogP contribution is 2.27. The van der Waals surface area contributed by atoms with Gasteiger partial charge in [0.15, 0.2) is 0 Å². The number of urea groups is 1. The van der Waals surface area contributed by atoms with E-state index >= 15 is 0 Å². The van der Waals surface area contributed by atoms with Crippen molar-refractivity contribution >= 4 is 17.6 Å².